The number of likely N-dealkylation sites (N-methyl/N-ethyl adjacent to an activating group) is 1. The molecule has 1 saturated heterocycles. The number of aliphatic hydroxyl groups excluding tert-OH is 2. The van der Waals surface area contributed by atoms with Crippen molar-refractivity contribution in [3.8, 4) is 11.1 Å². The third-order valence-electron chi connectivity index (χ3n) is 9.42. The highest BCUT2D eigenvalue weighted by atomic mass is 32.2. The SMILES string of the molecule is C[C@H]([C@@H](O)c1ccccc1)N(C)C[C@@H]1C[C@H](c2ccc(CO)cc2)O[C@H](c2ccc(-c3ccccc3CNS(=O)(=O)c3ccccc3)cc2)O1. The van der Waals surface area contributed by atoms with Crippen molar-refractivity contribution in [2.75, 3.05) is 13.6 Å². The van der Waals surface area contributed by atoms with Crippen LogP contribution in [0, 0.1) is 0 Å². The number of nitrogens with one attached hydrogen (secondary N) is 1. The number of sulfonamides is 1. The lowest BCUT2D eigenvalue weighted by Crippen LogP contribution is -2.43. The molecule has 50 heavy (non-hydrogen) atoms. The molecule has 5 atom stereocenters. The van der Waals surface area contributed by atoms with Gasteiger partial charge in [-0.1, -0.05) is 121 Å². The van der Waals surface area contributed by atoms with Gasteiger partial charge in [-0.3, -0.25) is 4.90 Å². The Kier molecular flexibility index (Phi) is 11.6. The molecule has 0 aliphatic carbocycles. The van der Waals surface area contributed by atoms with E-state index in [2.05, 4.69) is 9.62 Å². The summed E-state index contributed by atoms with van der Waals surface area (Å²) in [4.78, 5) is 2.35. The Hall–Kier alpha value is -4.19. The molecule has 5 aromatic carbocycles. The Morgan fingerprint density at radius 1 is 0.800 bits per heavy atom. The van der Waals surface area contributed by atoms with E-state index in [9.17, 15) is 18.6 Å². The second-order valence-electron chi connectivity index (χ2n) is 12.8. The first-order chi connectivity index (χ1) is 24.2. The average molecular weight is 693 g/mol. The quantitative estimate of drug-likeness (QED) is 0.123. The minimum absolute atomic E-state index is 0.0268. The molecule has 0 spiro atoms. The van der Waals surface area contributed by atoms with Crippen molar-refractivity contribution in [3.63, 3.8) is 0 Å². The Bertz CT molecular complexity index is 1920. The minimum Gasteiger partial charge on any atom is -0.392 e. The maximum absolute atomic E-state index is 12.9. The normalized spacial score (nSPS) is 19.3. The second kappa shape index (κ2) is 16.2. The standard InChI is InChI=1S/C41H44N2O6S/c1-29(40(45)33-11-5-3-6-12-33)43(2)27-36-25-39(32-19-17-30(28-44)18-20-32)49-41(48-36)34-23-21-31(22-24-34)38-16-10-9-13-35(38)26-42-50(46,47)37-14-7-4-8-15-37/h3-24,29,36,39-42,44-45H,25-28H2,1-2H3/t29-,36+,39-,40-,41-/m1/s1. The van der Waals surface area contributed by atoms with Gasteiger partial charge < -0.3 is 19.7 Å². The first-order valence-corrected chi connectivity index (χ1v) is 18.4. The zero-order chi connectivity index (χ0) is 35.1. The van der Waals surface area contributed by atoms with Crippen molar-refractivity contribution >= 4 is 10.0 Å². The number of aliphatic hydroxyl groups is 2. The number of rotatable bonds is 13. The van der Waals surface area contributed by atoms with E-state index in [1.165, 1.54) is 0 Å². The van der Waals surface area contributed by atoms with Crippen LogP contribution in [0.4, 0.5) is 0 Å². The number of hydrogen-bond acceptors (Lipinski definition) is 7. The number of nitrogens with zero attached hydrogens (tertiary/aromatic N) is 1. The molecule has 9 heteroatoms. The van der Waals surface area contributed by atoms with E-state index in [4.69, 9.17) is 9.47 Å². The van der Waals surface area contributed by atoms with Gasteiger partial charge in [0.05, 0.1) is 29.8 Å². The highest BCUT2D eigenvalue weighted by Gasteiger charge is 2.34. The molecule has 8 nitrogen and oxygen atoms in total. The van der Waals surface area contributed by atoms with Crippen molar-refractivity contribution < 1.29 is 28.1 Å². The molecule has 260 valence electrons. The largest absolute Gasteiger partial charge is 0.392 e. The lowest BCUT2D eigenvalue weighted by atomic mass is 9.97. The minimum atomic E-state index is -3.66. The summed E-state index contributed by atoms with van der Waals surface area (Å²) >= 11 is 0. The molecule has 5 aromatic rings. The molecule has 0 saturated carbocycles. The maximum atomic E-state index is 12.9. The van der Waals surface area contributed by atoms with Crippen LogP contribution in [0.15, 0.2) is 138 Å². The Morgan fingerprint density at radius 3 is 2.10 bits per heavy atom. The lowest BCUT2D eigenvalue weighted by Gasteiger charge is -2.39. The van der Waals surface area contributed by atoms with Crippen LogP contribution in [0.3, 0.4) is 0 Å². The molecule has 1 fully saturated rings. The topological polar surface area (TPSA) is 108 Å². The number of ether oxygens (including phenoxy) is 2. The summed E-state index contributed by atoms with van der Waals surface area (Å²) in [6.45, 7) is 2.72. The Morgan fingerprint density at radius 2 is 1.42 bits per heavy atom. The second-order valence-corrected chi connectivity index (χ2v) is 14.6. The van der Waals surface area contributed by atoms with E-state index in [1.54, 1.807) is 30.3 Å². The average Bonchev–Trinajstić information content (AvgIpc) is 3.17. The highest BCUT2D eigenvalue weighted by molar-refractivity contribution is 7.89. The van der Waals surface area contributed by atoms with Gasteiger partial charge in [0.2, 0.25) is 10.0 Å². The van der Waals surface area contributed by atoms with Gasteiger partial charge in [0, 0.05) is 31.1 Å². The molecular weight excluding hydrogens is 649 g/mol. The molecule has 1 heterocycles. The van der Waals surface area contributed by atoms with Gasteiger partial charge in [-0.2, -0.15) is 0 Å². The number of hydrogen-bond donors (Lipinski definition) is 3. The Balaban J connectivity index is 1.20. The molecule has 1 aliphatic heterocycles. The van der Waals surface area contributed by atoms with Crippen LogP contribution in [0.1, 0.15) is 59.7 Å². The molecule has 0 unspecified atom stereocenters. The van der Waals surface area contributed by atoms with E-state index in [1.807, 2.05) is 117 Å². The smallest absolute Gasteiger partial charge is 0.240 e. The lowest BCUT2D eigenvalue weighted by molar-refractivity contribution is -0.253. The van der Waals surface area contributed by atoms with E-state index in [0.717, 1.165) is 38.9 Å². The summed E-state index contributed by atoms with van der Waals surface area (Å²) in [6, 6.07) is 41.4. The number of benzene rings is 5. The van der Waals surface area contributed by atoms with E-state index in [0.29, 0.717) is 13.0 Å². The zero-order valence-corrected chi connectivity index (χ0v) is 29.1. The summed E-state index contributed by atoms with van der Waals surface area (Å²) in [6.07, 6.45) is -1.10. The van der Waals surface area contributed by atoms with Crippen molar-refractivity contribution in [2.45, 2.75) is 62.0 Å². The summed E-state index contributed by atoms with van der Waals surface area (Å²) in [5, 5.41) is 20.7. The van der Waals surface area contributed by atoms with E-state index >= 15 is 0 Å². The van der Waals surface area contributed by atoms with E-state index < -0.39 is 22.4 Å². The maximum Gasteiger partial charge on any atom is 0.240 e. The monoisotopic (exact) mass is 692 g/mol. The zero-order valence-electron chi connectivity index (χ0n) is 28.3. The van der Waals surface area contributed by atoms with Gasteiger partial charge in [-0.05, 0) is 59.5 Å². The van der Waals surface area contributed by atoms with Crippen molar-refractivity contribution in [3.05, 3.63) is 161 Å². The van der Waals surface area contributed by atoms with Gasteiger partial charge in [0.1, 0.15) is 0 Å². The third-order valence-corrected chi connectivity index (χ3v) is 10.8. The molecule has 6 rings (SSSR count). The Labute approximate surface area is 295 Å². The van der Waals surface area contributed by atoms with Crippen LogP contribution in [0.2, 0.25) is 0 Å². The van der Waals surface area contributed by atoms with E-state index in [-0.39, 0.29) is 36.3 Å². The van der Waals surface area contributed by atoms with Gasteiger partial charge in [-0.25, -0.2) is 13.1 Å². The fourth-order valence-corrected chi connectivity index (χ4v) is 7.35. The summed E-state index contributed by atoms with van der Waals surface area (Å²) < 4.78 is 41.7. The molecule has 1 aliphatic rings. The summed E-state index contributed by atoms with van der Waals surface area (Å²) in [5.41, 5.74) is 6.28. The van der Waals surface area contributed by atoms with Crippen molar-refractivity contribution in [2.24, 2.45) is 0 Å². The van der Waals surface area contributed by atoms with Crippen LogP contribution in [-0.2, 0) is 32.6 Å². The van der Waals surface area contributed by atoms with Gasteiger partial charge in [0.25, 0.3) is 0 Å². The molecule has 0 radical (unpaired) electrons. The first kappa shape index (κ1) is 35.6. The van der Waals surface area contributed by atoms with Crippen molar-refractivity contribution in [1.29, 1.82) is 0 Å². The molecule has 0 aromatic heterocycles. The molecule has 0 bridgehead atoms. The molecule has 3 N–H and O–H groups in total. The van der Waals surface area contributed by atoms with Gasteiger partial charge in [-0.15, -0.1) is 0 Å². The third kappa shape index (κ3) is 8.57. The molecule has 0 amide bonds. The van der Waals surface area contributed by atoms with Crippen LogP contribution >= 0.6 is 0 Å². The van der Waals surface area contributed by atoms with Crippen molar-refractivity contribution in [1.82, 2.24) is 9.62 Å². The van der Waals surface area contributed by atoms with Crippen LogP contribution < -0.4 is 4.72 Å². The fraction of sp³-hybridized carbons (Fsp3) is 0.268. The fourth-order valence-electron chi connectivity index (χ4n) is 6.32. The first-order valence-electron chi connectivity index (χ1n) is 16.9. The molecular formula is C41H44N2O6S. The predicted octanol–water partition coefficient (Wildman–Crippen LogP) is 6.92. The predicted molar refractivity (Wildman–Crippen MR) is 194 cm³/mol. The van der Waals surface area contributed by atoms with Crippen LogP contribution in [0.5, 0.6) is 0 Å². The van der Waals surface area contributed by atoms with Crippen LogP contribution in [0.25, 0.3) is 11.1 Å². The summed E-state index contributed by atoms with van der Waals surface area (Å²) in [7, 11) is -1.66. The highest BCUT2D eigenvalue weighted by Crippen LogP contribution is 2.39. The van der Waals surface area contributed by atoms with Crippen LogP contribution in [-0.4, -0.2) is 49.3 Å². The summed E-state index contributed by atoms with van der Waals surface area (Å²) in [5.74, 6) is 0. The van der Waals surface area contributed by atoms with Gasteiger partial charge in [0.15, 0.2) is 6.29 Å². The van der Waals surface area contributed by atoms with Gasteiger partial charge >= 0.3 is 0 Å².